The minimum Gasteiger partial charge on any atom is -0.374 e. The molecule has 4 aromatic rings. The lowest BCUT2D eigenvalue weighted by molar-refractivity contribution is -0.331. The van der Waals surface area contributed by atoms with Gasteiger partial charge in [-0.05, 0) is 36.1 Å². The van der Waals surface area contributed by atoms with Crippen molar-refractivity contribution in [2.24, 2.45) is 0 Å². The van der Waals surface area contributed by atoms with Gasteiger partial charge in [0.05, 0.1) is 46.2 Å². The van der Waals surface area contributed by atoms with Crippen molar-refractivity contribution in [1.29, 1.82) is 0 Å². The van der Waals surface area contributed by atoms with E-state index in [0.717, 1.165) is 22.3 Å². The Bertz CT molecular complexity index is 1470. The second-order valence-electron chi connectivity index (χ2n) is 12.6. The Morgan fingerprint density at radius 1 is 0.542 bits per heavy atom. The Morgan fingerprint density at radius 3 is 1.48 bits per heavy atom. The van der Waals surface area contributed by atoms with Gasteiger partial charge in [-0.2, -0.15) is 0 Å². The molecule has 0 N–H and O–H groups in total. The molecule has 0 aliphatic carbocycles. The summed E-state index contributed by atoms with van der Waals surface area (Å²) < 4.78 is 51.6. The van der Waals surface area contributed by atoms with Crippen molar-refractivity contribution in [3.63, 3.8) is 0 Å². The quantitative estimate of drug-likeness (QED) is 0.130. The van der Waals surface area contributed by atoms with Gasteiger partial charge in [-0.15, -0.1) is 0 Å². The molecule has 6 atom stereocenters. The fraction of sp³-hybridized carbons (Fsp3) is 0.400. The number of rotatable bonds is 16. The minimum absolute atomic E-state index is 0.248. The fourth-order valence-corrected chi connectivity index (χ4v) is 5.93. The molecule has 0 spiro atoms. The van der Waals surface area contributed by atoms with E-state index in [4.69, 9.17) is 37.9 Å². The maximum Gasteiger partial charge on any atom is 0.187 e. The summed E-state index contributed by atoms with van der Waals surface area (Å²) >= 11 is 0. The van der Waals surface area contributed by atoms with Crippen LogP contribution in [0.1, 0.15) is 36.1 Å². The molecule has 48 heavy (non-hydrogen) atoms. The van der Waals surface area contributed by atoms with Crippen LogP contribution >= 0.6 is 0 Å². The van der Waals surface area contributed by atoms with Crippen molar-refractivity contribution in [1.82, 2.24) is 0 Å². The Morgan fingerprint density at radius 2 is 1.00 bits per heavy atom. The van der Waals surface area contributed by atoms with Crippen LogP contribution in [-0.2, 0) is 64.3 Å². The molecule has 254 valence electrons. The first-order valence-corrected chi connectivity index (χ1v) is 16.7. The van der Waals surface area contributed by atoms with E-state index < -0.39 is 36.5 Å². The standard InChI is InChI=1S/C40H46O8/c1-40(2)46-28-34(48-40)27-45-39-38(44-26-33-21-13-6-14-22-33)37(43-25-32-19-11-5-12-20-32)36(42-24-31-17-9-4-10-18-31)35(47-39)29-41-23-30-15-7-3-8-16-30/h3-22,34-39H,23-29H2,1-2H3/t34-,35+,36+,37-,38+,39-/m0/s1. The number of hydrogen-bond acceptors (Lipinski definition) is 8. The van der Waals surface area contributed by atoms with E-state index in [1.807, 2.05) is 135 Å². The van der Waals surface area contributed by atoms with Crippen molar-refractivity contribution in [2.75, 3.05) is 19.8 Å². The number of ether oxygens (including phenoxy) is 8. The molecule has 8 nitrogen and oxygen atoms in total. The average Bonchev–Trinajstić information content (AvgIpc) is 3.48. The highest BCUT2D eigenvalue weighted by molar-refractivity contribution is 5.16. The first-order valence-electron chi connectivity index (χ1n) is 16.7. The van der Waals surface area contributed by atoms with E-state index in [2.05, 4.69) is 0 Å². The summed E-state index contributed by atoms with van der Waals surface area (Å²) in [6.45, 7) is 6.26. The van der Waals surface area contributed by atoms with Gasteiger partial charge >= 0.3 is 0 Å². The molecule has 2 aliphatic heterocycles. The van der Waals surface area contributed by atoms with Crippen LogP contribution in [0.4, 0.5) is 0 Å². The molecule has 2 saturated heterocycles. The molecule has 8 heteroatoms. The zero-order valence-electron chi connectivity index (χ0n) is 27.7. The second-order valence-corrected chi connectivity index (χ2v) is 12.6. The van der Waals surface area contributed by atoms with Crippen molar-refractivity contribution in [3.05, 3.63) is 144 Å². The summed E-state index contributed by atoms with van der Waals surface area (Å²) in [4.78, 5) is 0. The van der Waals surface area contributed by atoms with E-state index in [1.54, 1.807) is 0 Å². The predicted octanol–water partition coefficient (Wildman–Crippen LogP) is 6.85. The van der Waals surface area contributed by atoms with Gasteiger partial charge in [0.15, 0.2) is 12.1 Å². The fourth-order valence-electron chi connectivity index (χ4n) is 5.93. The lowest BCUT2D eigenvalue weighted by Gasteiger charge is -2.46. The van der Waals surface area contributed by atoms with Crippen LogP contribution in [0, 0.1) is 0 Å². The molecule has 0 unspecified atom stereocenters. The number of benzene rings is 4. The van der Waals surface area contributed by atoms with Crippen LogP contribution in [-0.4, -0.2) is 62.4 Å². The summed E-state index contributed by atoms with van der Waals surface area (Å²) in [5.41, 5.74) is 4.19. The van der Waals surface area contributed by atoms with Crippen molar-refractivity contribution in [2.45, 2.75) is 82.9 Å². The highest BCUT2D eigenvalue weighted by Gasteiger charge is 2.49. The van der Waals surface area contributed by atoms with Gasteiger partial charge in [-0.1, -0.05) is 121 Å². The van der Waals surface area contributed by atoms with E-state index in [-0.39, 0.29) is 19.3 Å². The largest absolute Gasteiger partial charge is 0.374 e. The van der Waals surface area contributed by atoms with Gasteiger partial charge in [-0.3, -0.25) is 0 Å². The van der Waals surface area contributed by atoms with Gasteiger partial charge in [-0.25, -0.2) is 0 Å². The molecule has 0 aromatic heterocycles. The summed E-state index contributed by atoms with van der Waals surface area (Å²) in [7, 11) is 0. The van der Waals surface area contributed by atoms with E-state index >= 15 is 0 Å². The predicted molar refractivity (Wildman–Crippen MR) is 181 cm³/mol. The van der Waals surface area contributed by atoms with Gasteiger partial charge in [0.25, 0.3) is 0 Å². The van der Waals surface area contributed by atoms with E-state index in [1.165, 1.54) is 0 Å². The summed E-state index contributed by atoms with van der Waals surface area (Å²) in [5, 5.41) is 0. The maximum absolute atomic E-state index is 6.78. The number of hydrogen-bond donors (Lipinski definition) is 0. The van der Waals surface area contributed by atoms with Gasteiger partial charge in [0, 0.05) is 0 Å². The normalized spacial score (nSPS) is 25.2. The Hall–Kier alpha value is -3.44. The van der Waals surface area contributed by atoms with Crippen LogP contribution in [0.2, 0.25) is 0 Å². The summed E-state index contributed by atoms with van der Waals surface area (Å²) in [5.74, 6) is -0.670. The van der Waals surface area contributed by atoms with Gasteiger partial charge < -0.3 is 37.9 Å². The molecule has 0 amide bonds. The van der Waals surface area contributed by atoms with Gasteiger partial charge in [0.1, 0.15) is 30.5 Å². The maximum atomic E-state index is 6.78. The molecule has 2 heterocycles. The zero-order valence-corrected chi connectivity index (χ0v) is 27.7. The smallest absolute Gasteiger partial charge is 0.187 e. The monoisotopic (exact) mass is 654 g/mol. The molecule has 0 radical (unpaired) electrons. The van der Waals surface area contributed by atoms with Crippen molar-refractivity contribution in [3.8, 4) is 0 Å². The molecular formula is C40H46O8. The molecule has 4 aromatic carbocycles. The molecule has 0 bridgehead atoms. The van der Waals surface area contributed by atoms with E-state index in [0.29, 0.717) is 33.0 Å². The highest BCUT2D eigenvalue weighted by atomic mass is 16.8. The first-order chi connectivity index (χ1) is 23.5. The first kappa shape index (κ1) is 34.4. The van der Waals surface area contributed by atoms with Crippen LogP contribution in [0.5, 0.6) is 0 Å². The van der Waals surface area contributed by atoms with Crippen LogP contribution in [0.25, 0.3) is 0 Å². The summed E-state index contributed by atoms with van der Waals surface area (Å²) in [6, 6.07) is 40.4. The van der Waals surface area contributed by atoms with Crippen molar-refractivity contribution >= 4 is 0 Å². The lowest BCUT2D eigenvalue weighted by Crippen LogP contribution is -2.62. The Kier molecular flexibility index (Phi) is 12.4. The van der Waals surface area contributed by atoms with Crippen LogP contribution in [0.3, 0.4) is 0 Å². The molecule has 0 saturated carbocycles. The second kappa shape index (κ2) is 17.3. The van der Waals surface area contributed by atoms with Crippen LogP contribution in [0.15, 0.2) is 121 Å². The third kappa shape index (κ3) is 10.0. The Labute approximate surface area is 283 Å². The Balaban J connectivity index is 1.28. The molecule has 2 fully saturated rings. The molecular weight excluding hydrogens is 608 g/mol. The van der Waals surface area contributed by atoms with Crippen LogP contribution < -0.4 is 0 Å². The van der Waals surface area contributed by atoms with Crippen molar-refractivity contribution < 1.29 is 37.9 Å². The van der Waals surface area contributed by atoms with E-state index in [9.17, 15) is 0 Å². The lowest BCUT2D eigenvalue weighted by atomic mass is 9.97. The minimum atomic E-state index is -0.788. The third-order valence-corrected chi connectivity index (χ3v) is 8.35. The molecule has 6 rings (SSSR count). The third-order valence-electron chi connectivity index (χ3n) is 8.35. The zero-order chi connectivity index (χ0) is 33.0. The molecule has 2 aliphatic rings. The SMILES string of the molecule is CC1(C)OC[C@H](CO[C@H]2O[C@H](COCc3ccccc3)[C@@H](OCc3ccccc3)[C@H](OCc3ccccc3)[C@H]2OCc2ccccc2)O1. The highest BCUT2D eigenvalue weighted by Crippen LogP contribution is 2.32. The average molecular weight is 655 g/mol. The summed E-state index contributed by atoms with van der Waals surface area (Å²) in [6.07, 6.45) is -3.27. The topological polar surface area (TPSA) is 73.8 Å². The van der Waals surface area contributed by atoms with Gasteiger partial charge in [0.2, 0.25) is 0 Å².